The van der Waals surface area contributed by atoms with Gasteiger partial charge in [0.2, 0.25) is 15.9 Å². The highest BCUT2D eigenvalue weighted by molar-refractivity contribution is 7.92. The van der Waals surface area contributed by atoms with E-state index in [1.807, 2.05) is 39.0 Å². The summed E-state index contributed by atoms with van der Waals surface area (Å²) < 4.78 is 40.2. The minimum Gasteiger partial charge on any atom is -0.347 e. The Hall–Kier alpha value is -2.41. The van der Waals surface area contributed by atoms with E-state index in [2.05, 4.69) is 5.32 Å². The van der Waals surface area contributed by atoms with Gasteiger partial charge in [0, 0.05) is 0 Å². The zero-order valence-corrected chi connectivity index (χ0v) is 18.4. The lowest BCUT2D eigenvalue weighted by atomic mass is 9.99. The number of nitrogens with one attached hydrogen (secondary N) is 1. The third-order valence-corrected chi connectivity index (χ3v) is 6.24. The first-order valence-electron chi connectivity index (χ1n) is 9.71. The third kappa shape index (κ3) is 5.35. The van der Waals surface area contributed by atoms with Crippen LogP contribution < -0.4 is 9.62 Å². The van der Waals surface area contributed by atoms with E-state index in [1.165, 1.54) is 18.2 Å². The number of rotatable bonds is 8. The van der Waals surface area contributed by atoms with Crippen molar-refractivity contribution in [1.82, 2.24) is 5.32 Å². The molecule has 0 aliphatic carbocycles. The molecule has 0 bridgehead atoms. The van der Waals surface area contributed by atoms with Gasteiger partial charge < -0.3 is 5.32 Å². The summed E-state index contributed by atoms with van der Waals surface area (Å²) in [5.74, 6) is -1.14. The summed E-state index contributed by atoms with van der Waals surface area (Å²) in [6.45, 7) is 7.68. The van der Waals surface area contributed by atoms with Crippen molar-refractivity contribution in [2.45, 2.75) is 52.6 Å². The van der Waals surface area contributed by atoms with E-state index in [9.17, 15) is 17.6 Å². The quantitative estimate of drug-likeness (QED) is 0.694. The highest BCUT2D eigenvalue weighted by Crippen LogP contribution is 2.26. The van der Waals surface area contributed by atoms with E-state index in [-0.39, 0.29) is 18.2 Å². The number of para-hydroxylation sites is 1. The van der Waals surface area contributed by atoms with Crippen LogP contribution in [0.3, 0.4) is 0 Å². The molecule has 2 aromatic rings. The topological polar surface area (TPSA) is 66.5 Å². The van der Waals surface area contributed by atoms with Gasteiger partial charge in [-0.1, -0.05) is 44.2 Å². The number of aryl methyl sites for hydroxylation is 2. The van der Waals surface area contributed by atoms with Crippen molar-refractivity contribution in [2.75, 3.05) is 10.6 Å². The van der Waals surface area contributed by atoms with Crippen LogP contribution in [0.25, 0.3) is 0 Å². The van der Waals surface area contributed by atoms with E-state index in [0.717, 1.165) is 27.3 Å². The fourth-order valence-corrected chi connectivity index (χ4v) is 4.55. The van der Waals surface area contributed by atoms with Crippen LogP contribution in [0.5, 0.6) is 0 Å². The lowest BCUT2D eigenvalue weighted by Crippen LogP contribution is -2.50. The van der Waals surface area contributed by atoms with Crippen LogP contribution in [0.1, 0.15) is 49.4 Å². The Balaban J connectivity index is 2.38. The molecule has 0 unspecified atom stereocenters. The van der Waals surface area contributed by atoms with Gasteiger partial charge in [0.25, 0.3) is 0 Å². The molecular weight excluding hydrogens is 391 g/mol. The number of benzene rings is 2. The van der Waals surface area contributed by atoms with Crippen LogP contribution in [0.15, 0.2) is 42.5 Å². The fourth-order valence-electron chi connectivity index (χ4n) is 3.34. The molecule has 0 spiro atoms. The molecule has 1 amide bonds. The number of hydrogen-bond acceptors (Lipinski definition) is 3. The van der Waals surface area contributed by atoms with E-state index in [0.29, 0.717) is 6.42 Å². The number of carbonyl (C=O) groups is 1. The summed E-state index contributed by atoms with van der Waals surface area (Å²) in [6, 6.07) is 10.2. The maximum atomic E-state index is 14.4. The zero-order chi connectivity index (χ0) is 21.8. The van der Waals surface area contributed by atoms with Crippen molar-refractivity contribution in [1.29, 1.82) is 0 Å². The number of carbonyl (C=O) groups excluding carboxylic acids is 1. The average molecular weight is 421 g/mol. The second-order valence-corrected chi connectivity index (χ2v) is 9.11. The van der Waals surface area contributed by atoms with Crippen molar-refractivity contribution < 1.29 is 17.6 Å². The van der Waals surface area contributed by atoms with Gasteiger partial charge in [0.05, 0.1) is 18.0 Å². The minimum absolute atomic E-state index is 0.128. The van der Waals surface area contributed by atoms with Gasteiger partial charge in [0.1, 0.15) is 11.9 Å². The first kappa shape index (κ1) is 22.9. The number of amides is 1. The van der Waals surface area contributed by atoms with Gasteiger partial charge >= 0.3 is 0 Å². The summed E-state index contributed by atoms with van der Waals surface area (Å²) in [4.78, 5) is 13.1. The lowest BCUT2D eigenvalue weighted by molar-refractivity contribution is -0.123. The summed E-state index contributed by atoms with van der Waals surface area (Å²) in [5, 5.41) is 2.95. The SMILES string of the molecule is CC[C@H](NC(=O)[C@H](CC)N(c1ccccc1F)S(C)(=O)=O)c1ccc(C)c(C)c1. The number of halogens is 1. The predicted octanol–water partition coefficient (Wildman–Crippen LogP) is 4.25. The first-order chi connectivity index (χ1) is 13.6. The highest BCUT2D eigenvalue weighted by Gasteiger charge is 2.33. The van der Waals surface area contributed by atoms with Gasteiger partial charge in [-0.05, 0) is 55.5 Å². The molecule has 29 heavy (non-hydrogen) atoms. The Kier molecular flexibility index (Phi) is 7.41. The van der Waals surface area contributed by atoms with Crippen LogP contribution in [0.4, 0.5) is 10.1 Å². The molecule has 0 saturated heterocycles. The maximum Gasteiger partial charge on any atom is 0.244 e. The smallest absolute Gasteiger partial charge is 0.244 e. The van der Waals surface area contributed by atoms with Crippen molar-refractivity contribution in [3.05, 3.63) is 65.0 Å². The van der Waals surface area contributed by atoms with Crippen LogP contribution in [0.2, 0.25) is 0 Å². The lowest BCUT2D eigenvalue weighted by Gasteiger charge is -2.31. The molecule has 2 rings (SSSR count). The summed E-state index contributed by atoms with van der Waals surface area (Å²) >= 11 is 0. The molecule has 7 heteroatoms. The molecule has 5 nitrogen and oxygen atoms in total. The molecule has 0 aromatic heterocycles. The first-order valence-corrected chi connectivity index (χ1v) is 11.6. The summed E-state index contributed by atoms with van der Waals surface area (Å²) in [6.07, 6.45) is 1.83. The molecule has 2 aromatic carbocycles. The van der Waals surface area contributed by atoms with Gasteiger partial charge in [-0.25, -0.2) is 12.8 Å². The summed E-state index contributed by atoms with van der Waals surface area (Å²) in [5.41, 5.74) is 3.10. The Morgan fingerprint density at radius 2 is 1.72 bits per heavy atom. The van der Waals surface area contributed by atoms with Crippen molar-refractivity contribution in [3.8, 4) is 0 Å². The van der Waals surface area contributed by atoms with E-state index >= 15 is 0 Å². The summed E-state index contributed by atoms with van der Waals surface area (Å²) in [7, 11) is -3.88. The van der Waals surface area contributed by atoms with Crippen molar-refractivity contribution in [3.63, 3.8) is 0 Å². The van der Waals surface area contributed by atoms with Crippen molar-refractivity contribution >= 4 is 21.6 Å². The molecule has 0 radical (unpaired) electrons. The van der Waals surface area contributed by atoms with Crippen LogP contribution in [-0.4, -0.2) is 26.6 Å². The second-order valence-electron chi connectivity index (χ2n) is 7.25. The third-order valence-electron chi connectivity index (χ3n) is 5.08. The standard InChI is InChI=1S/C22H29FN2O3S/c1-6-19(17-13-12-15(3)16(4)14-17)24-22(26)20(7-2)25(29(5,27)28)21-11-9-8-10-18(21)23/h8-14,19-20H,6-7H2,1-5H3,(H,24,26)/t19-,20-/m0/s1. The molecule has 0 aliphatic rings. The molecule has 0 fully saturated rings. The largest absolute Gasteiger partial charge is 0.347 e. The van der Waals surface area contributed by atoms with E-state index in [1.54, 1.807) is 13.0 Å². The molecule has 0 heterocycles. The van der Waals surface area contributed by atoms with Gasteiger partial charge in [0.15, 0.2) is 0 Å². The van der Waals surface area contributed by atoms with Gasteiger partial charge in [-0.2, -0.15) is 0 Å². The highest BCUT2D eigenvalue weighted by atomic mass is 32.2. The monoisotopic (exact) mass is 420 g/mol. The number of hydrogen-bond donors (Lipinski definition) is 1. The van der Waals surface area contributed by atoms with Crippen LogP contribution in [0, 0.1) is 19.7 Å². The Labute approximate surface area is 173 Å². The Morgan fingerprint density at radius 3 is 2.24 bits per heavy atom. The number of sulfonamides is 1. The maximum absolute atomic E-state index is 14.4. The fraction of sp³-hybridized carbons (Fsp3) is 0.409. The molecule has 2 atom stereocenters. The predicted molar refractivity (Wildman–Crippen MR) is 115 cm³/mol. The van der Waals surface area contributed by atoms with Crippen LogP contribution >= 0.6 is 0 Å². The van der Waals surface area contributed by atoms with Gasteiger partial charge in [-0.15, -0.1) is 0 Å². The molecule has 0 aliphatic heterocycles. The molecule has 158 valence electrons. The van der Waals surface area contributed by atoms with Crippen LogP contribution in [-0.2, 0) is 14.8 Å². The average Bonchev–Trinajstić information content (AvgIpc) is 2.66. The van der Waals surface area contributed by atoms with Crippen molar-refractivity contribution in [2.24, 2.45) is 0 Å². The normalized spacial score (nSPS) is 13.6. The molecular formula is C22H29FN2O3S. The Morgan fingerprint density at radius 1 is 1.07 bits per heavy atom. The molecule has 1 N–H and O–H groups in total. The molecule has 0 saturated carbocycles. The van der Waals surface area contributed by atoms with Gasteiger partial charge in [-0.3, -0.25) is 9.10 Å². The Bertz CT molecular complexity index is 976. The van der Waals surface area contributed by atoms with E-state index in [4.69, 9.17) is 0 Å². The number of anilines is 1. The minimum atomic E-state index is -3.88. The second kappa shape index (κ2) is 9.39. The van der Waals surface area contributed by atoms with E-state index < -0.39 is 27.8 Å². The zero-order valence-electron chi connectivity index (χ0n) is 17.6. The number of nitrogens with zero attached hydrogens (tertiary/aromatic N) is 1.